The molecule has 8 heteroatoms. The number of nitrogens with zero attached hydrogens (tertiary/aromatic N) is 2. The molecule has 2 aromatic carbocycles. The van der Waals surface area contributed by atoms with Gasteiger partial charge in [0.2, 0.25) is 5.91 Å². The zero-order chi connectivity index (χ0) is 21.1. The van der Waals surface area contributed by atoms with Crippen LogP contribution >= 0.6 is 12.2 Å². The topological polar surface area (TPSA) is 85.0 Å². The average molecular weight is 419 g/mol. The number of hydrogen-bond acceptors (Lipinski definition) is 4. The van der Waals surface area contributed by atoms with Crippen LogP contribution in [0, 0.1) is 5.82 Å². The Kier molecular flexibility index (Phi) is 5.40. The summed E-state index contributed by atoms with van der Waals surface area (Å²) < 4.78 is 15.0. The smallest absolute Gasteiger partial charge is 0.230 e. The highest BCUT2D eigenvalue weighted by molar-refractivity contribution is 7.80. The zero-order valence-electron chi connectivity index (χ0n) is 15.8. The van der Waals surface area contributed by atoms with Gasteiger partial charge in [-0.25, -0.2) is 9.37 Å². The number of halogens is 1. The van der Waals surface area contributed by atoms with E-state index in [-0.39, 0.29) is 23.3 Å². The van der Waals surface area contributed by atoms with Gasteiger partial charge in [0, 0.05) is 29.2 Å². The Morgan fingerprint density at radius 2 is 1.80 bits per heavy atom. The first-order chi connectivity index (χ1) is 14.5. The lowest BCUT2D eigenvalue weighted by atomic mass is 10.1. The largest absolute Gasteiger partial charge is 0.383 e. The summed E-state index contributed by atoms with van der Waals surface area (Å²) in [7, 11) is 0. The van der Waals surface area contributed by atoms with Gasteiger partial charge in [-0.15, -0.1) is 0 Å². The van der Waals surface area contributed by atoms with Gasteiger partial charge in [0.15, 0.2) is 5.11 Å². The molecule has 4 rings (SSSR count). The van der Waals surface area contributed by atoms with E-state index in [1.165, 1.54) is 12.1 Å². The number of carbonyl (C=O) groups excluding carboxylic acids is 1. The number of benzene rings is 2. The molecule has 0 radical (unpaired) electrons. The molecule has 2 heterocycles. The quantitative estimate of drug-likeness (QED) is 0.438. The molecule has 4 N–H and O–H groups in total. The van der Waals surface area contributed by atoms with E-state index >= 15 is 0 Å². The van der Waals surface area contributed by atoms with E-state index in [4.69, 9.17) is 18.0 Å². The molecule has 2 aromatic heterocycles. The minimum absolute atomic E-state index is 0.111. The number of pyridine rings is 1. The van der Waals surface area contributed by atoms with Crippen LogP contribution in [0.1, 0.15) is 5.56 Å². The molecule has 0 fully saturated rings. The van der Waals surface area contributed by atoms with Crippen molar-refractivity contribution < 1.29 is 9.18 Å². The van der Waals surface area contributed by atoms with Crippen molar-refractivity contribution in [3.05, 3.63) is 84.4 Å². The number of nitrogen functional groups attached to an aromatic ring is 1. The molecule has 150 valence electrons. The fraction of sp³-hybridized carbons (Fsp3) is 0.0455. The van der Waals surface area contributed by atoms with Gasteiger partial charge in [-0.2, -0.15) is 0 Å². The van der Waals surface area contributed by atoms with E-state index in [1.54, 1.807) is 18.3 Å². The fourth-order valence-electron chi connectivity index (χ4n) is 3.14. The van der Waals surface area contributed by atoms with Crippen LogP contribution in [0.15, 0.2) is 73.1 Å². The zero-order valence-corrected chi connectivity index (χ0v) is 16.6. The van der Waals surface area contributed by atoms with Crippen LogP contribution in [0.25, 0.3) is 16.6 Å². The first kappa shape index (κ1) is 19.5. The predicted molar refractivity (Wildman–Crippen MR) is 120 cm³/mol. The monoisotopic (exact) mass is 419 g/mol. The summed E-state index contributed by atoms with van der Waals surface area (Å²) in [6.45, 7) is 0. The van der Waals surface area contributed by atoms with E-state index in [2.05, 4.69) is 15.6 Å². The van der Waals surface area contributed by atoms with Gasteiger partial charge in [-0.1, -0.05) is 12.1 Å². The SMILES string of the molecule is Nc1nccc2c1ccn2-c1ccc(NC(=S)NC(=O)Cc2ccc(F)cc2)cc1. The summed E-state index contributed by atoms with van der Waals surface area (Å²) >= 11 is 5.21. The second-order valence-corrected chi connectivity index (χ2v) is 7.08. The molecule has 0 bridgehead atoms. The molecule has 0 saturated carbocycles. The van der Waals surface area contributed by atoms with Gasteiger partial charge < -0.3 is 20.9 Å². The molecule has 0 unspecified atom stereocenters. The Morgan fingerprint density at radius 1 is 1.07 bits per heavy atom. The lowest BCUT2D eigenvalue weighted by Crippen LogP contribution is -2.35. The predicted octanol–water partition coefficient (Wildman–Crippen LogP) is 3.80. The Morgan fingerprint density at radius 3 is 2.53 bits per heavy atom. The van der Waals surface area contributed by atoms with Crippen LogP contribution in [-0.4, -0.2) is 20.6 Å². The number of rotatable bonds is 4. The lowest BCUT2D eigenvalue weighted by Gasteiger charge is -2.11. The number of carbonyl (C=O) groups is 1. The molecule has 30 heavy (non-hydrogen) atoms. The number of nitrogens with two attached hydrogens (primary N) is 1. The molecule has 0 aliphatic rings. The van der Waals surface area contributed by atoms with E-state index in [0.717, 1.165) is 22.3 Å². The van der Waals surface area contributed by atoms with Crippen molar-refractivity contribution in [3.63, 3.8) is 0 Å². The van der Waals surface area contributed by atoms with Gasteiger partial charge >= 0.3 is 0 Å². The molecular weight excluding hydrogens is 401 g/mol. The minimum atomic E-state index is -0.340. The third-order valence-corrected chi connectivity index (χ3v) is 4.79. The summed E-state index contributed by atoms with van der Waals surface area (Å²) in [5.74, 6) is -0.125. The third-order valence-electron chi connectivity index (χ3n) is 4.58. The van der Waals surface area contributed by atoms with Gasteiger partial charge in [-0.3, -0.25) is 4.79 Å². The number of fused-ring (bicyclic) bond motifs is 1. The molecular formula is C22H18FN5OS. The van der Waals surface area contributed by atoms with Gasteiger partial charge in [0.25, 0.3) is 0 Å². The van der Waals surface area contributed by atoms with E-state index in [9.17, 15) is 9.18 Å². The Bertz CT molecular complexity index is 1220. The van der Waals surface area contributed by atoms with Crippen LogP contribution in [0.5, 0.6) is 0 Å². The van der Waals surface area contributed by atoms with Crippen LogP contribution in [0.4, 0.5) is 15.9 Å². The van der Waals surface area contributed by atoms with E-state index in [0.29, 0.717) is 11.4 Å². The second kappa shape index (κ2) is 8.30. The van der Waals surface area contributed by atoms with Crippen molar-refractivity contribution in [3.8, 4) is 5.69 Å². The maximum atomic E-state index is 12.9. The lowest BCUT2D eigenvalue weighted by molar-refractivity contribution is -0.119. The van der Waals surface area contributed by atoms with Crippen molar-refractivity contribution in [1.82, 2.24) is 14.9 Å². The van der Waals surface area contributed by atoms with Crippen LogP contribution in [0.3, 0.4) is 0 Å². The standard InChI is InChI=1S/C22H18FN5OS/c23-15-3-1-14(2-4-15)13-20(29)27-22(30)26-16-5-7-17(8-6-16)28-12-10-18-19(28)9-11-25-21(18)24/h1-12H,13H2,(H2,24,25)(H2,26,27,29,30). The third kappa shape index (κ3) is 4.28. The number of hydrogen-bond donors (Lipinski definition) is 3. The molecule has 0 saturated heterocycles. The van der Waals surface area contributed by atoms with E-state index < -0.39 is 0 Å². The molecule has 0 atom stereocenters. The van der Waals surface area contributed by atoms with Crippen LogP contribution < -0.4 is 16.4 Å². The number of amides is 1. The summed E-state index contributed by atoms with van der Waals surface area (Å²) in [4.78, 5) is 16.2. The molecule has 1 amide bonds. The normalized spacial score (nSPS) is 10.7. The highest BCUT2D eigenvalue weighted by atomic mass is 32.1. The van der Waals surface area contributed by atoms with Gasteiger partial charge in [0.05, 0.1) is 11.9 Å². The molecule has 0 aliphatic carbocycles. The van der Waals surface area contributed by atoms with Crippen molar-refractivity contribution in [2.45, 2.75) is 6.42 Å². The summed E-state index contributed by atoms with van der Waals surface area (Å²) in [6.07, 6.45) is 3.72. The van der Waals surface area contributed by atoms with Crippen molar-refractivity contribution >= 4 is 45.6 Å². The van der Waals surface area contributed by atoms with Crippen molar-refractivity contribution in [2.75, 3.05) is 11.1 Å². The summed E-state index contributed by atoms with van der Waals surface area (Å²) in [6, 6.07) is 17.2. The van der Waals surface area contributed by atoms with Crippen LogP contribution in [-0.2, 0) is 11.2 Å². The van der Waals surface area contributed by atoms with Crippen molar-refractivity contribution in [2.24, 2.45) is 0 Å². The Hall–Kier alpha value is -3.78. The number of anilines is 2. The summed E-state index contributed by atoms with van der Waals surface area (Å²) in [5.41, 5.74) is 9.28. The maximum absolute atomic E-state index is 12.9. The fourth-order valence-corrected chi connectivity index (χ4v) is 3.37. The van der Waals surface area contributed by atoms with Crippen LogP contribution in [0.2, 0.25) is 0 Å². The average Bonchev–Trinajstić information content (AvgIpc) is 3.16. The first-order valence-corrected chi connectivity index (χ1v) is 9.58. The molecule has 6 nitrogen and oxygen atoms in total. The molecule has 0 aliphatic heterocycles. The number of aromatic nitrogens is 2. The first-order valence-electron chi connectivity index (χ1n) is 9.17. The highest BCUT2D eigenvalue weighted by Crippen LogP contribution is 2.24. The molecule has 0 spiro atoms. The Labute approximate surface area is 177 Å². The van der Waals surface area contributed by atoms with Crippen molar-refractivity contribution in [1.29, 1.82) is 0 Å². The second-order valence-electron chi connectivity index (χ2n) is 6.67. The summed E-state index contributed by atoms with van der Waals surface area (Å²) in [5, 5.41) is 6.70. The highest BCUT2D eigenvalue weighted by Gasteiger charge is 2.08. The van der Waals surface area contributed by atoms with E-state index in [1.807, 2.05) is 47.2 Å². The Balaban J connectivity index is 1.39. The maximum Gasteiger partial charge on any atom is 0.230 e. The minimum Gasteiger partial charge on any atom is -0.383 e. The van der Waals surface area contributed by atoms with Gasteiger partial charge in [0.1, 0.15) is 11.6 Å². The number of nitrogens with one attached hydrogen (secondary N) is 2. The van der Waals surface area contributed by atoms with Gasteiger partial charge in [-0.05, 0) is 66.3 Å². The number of thiocarbonyl (C=S) groups is 1. The molecule has 4 aromatic rings.